The number of nitrogen functional groups attached to an aromatic ring is 1. The summed E-state index contributed by atoms with van der Waals surface area (Å²) in [6.45, 7) is 1.17. The molecule has 1 saturated carbocycles. The van der Waals surface area contributed by atoms with Crippen LogP contribution in [0.2, 0.25) is 0 Å². The number of aromatic nitrogens is 2. The van der Waals surface area contributed by atoms with Crippen molar-refractivity contribution >= 4 is 15.8 Å². The lowest BCUT2D eigenvalue weighted by Crippen LogP contribution is -2.42. The number of anilines is 1. The number of nitrogens with two attached hydrogens (primary N) is 1. The molecule has 120 valence electrons. The summed E-state index contributed by atoms with van der Waals surface area (Å²) in [4.78, 5) is 2.11. The lowest BCUT2D eigenvalue weighted by atomic mass is 10.2. The zero-order valence-electron chi connectivity index (χ0n) is 13.0. The fourth-order valence-electron chi connectivity index (χ4n) is 2.80. The van der Waals surface area contributed by atoms with Gasteiger partial charge in [0.1, 0.15) is 4.90 Å². The Kier molecular flexibility index (Phi) is 4.90. The lowest BCUT2D eigenvalue weighted by Gasteiger charge is -2.28. The van der Waals surface area contributed by atoms with Crippen molar-refractivity contribution in [2.24, 2.45) is 7.05 Å². The van der Waals surface area contributed by atoms with Crippen molar-refractivity contribution in [3.8, 4) is 0 Å². The molecule has 1 aromatic heterocycles. The summed E-state index contributed by atoms with van der Waals surface area (Å²) in [6.07, 6.45) is 5.50. The van der Waals surface area contributed by atoms with Crippen LogP contribution in [-0.2, 0) is 17.1 Å². The molecule has 8 heteroatoms. The third-order valence-electron chi connectivity index (χ3n) is 3.91. The quantitative estimate of drug-likeness (QED) is 0.826. The van der Waals surface area contributed by atoms with Crippen molar-refractivity contribution in [1.82, 2.24) is 19.0 Å². The second-order valence-corrected chi connectivity index (χ2v) is 7.77. The van der Waals surface area contributed by atoms with Crippen LogP contribution in [0.3, 0.4) is 0 Å². The molecule has 0 aliphatic heterocycles. The lowest BCUT2D eigenvalue weighted by molar-refractivity contribution is 0.282. The highest BCUT2D eigenvalue weighted by Gasteiger charge is 2.35. The van der Waals surface area contributed by atoms with Crippen LogP contribution in [0.5, 0.6) is 0 Å². The average molecular weight is 315 g/mol. The predicted molar refractivity (Wildman–Crippen MR) is 82.3 cm³/mol. The van der Waals surface area contributed by atoms with Gasteiger partial charge in [0.2, 0.25) is 10.0 Å². The number of rotatable bonds is 6. The van der Waals surface area contributed by atoms with Gasteiger partial charge in [-0.1, -0.05) is 12.8 Å². The van der Waals surface area contributed by atoms with Gasteiger partial charge in [-0.05, 0) is 26.9 Å². The molecule has 7 nitrogen and oxygen atoms in total. The number of likely N-dealkylation sites (N-methyl/N-ethyl adjacent to an activating group) is 1. The molecule has 1 aliphatic carbocycles. The molecular weight excluding hydrogens is 290 g/mol. The summed E-state index contributed by atoms with van der Waals surface area (Å²) in [7, 11) is 1.97. The van der Waals surface area contributed by atoms with Gasteiger partial charge in [0.15, 0.2) is 5.82 Å². The monoisotopic (exact) mass is 315 g/mol. The van der Waals surface area contributed by atoms with Gasteiger partial charge < -0.3 is 10.6 Å². The minimum atomic E-state index is -3.59. The first-order chi connectivity index (χ1) is 9.82. The van der Waals surface area contributed by atoms with E-state index in [2.05, 4.69) is 5.10 Å². The SMILES string of the molecule is CN(C)CCN(C1CCCC1)S(=O)(=O)c1cn(C)nc1N. The Bertz CT molecular complexity index is 575. The molecule has 1 aliphatic rings. The summed E-state index contributed by atoms with van der Waals surface area (Å²) >= 11 is 0. The second-order valence-electron chi connectivity index (χ2n) is 5.91. The summed E-state index contributed by atoms with van der Waals surface area (Å²) in [5, 5.41) is 3.96. The molecule has 2 rings (SSSR count). The molecule has 0 aromatic carbocycles. The highest BCUT2D eigenvalue weighted by Crippen LogP contribution is 2.30. The number of hydrogen-bond donors (Lipinski definition) is 1. The summed E-state index contributed by atoms with van der Waals surface area (Å²) < 4.78 is 28.9. The van der Waals surface area contributed by atoms with Gasteiger partial charge >= 0.3 is 0 Å². The number of sulfonamides is 1. The van der Waals surface area contributed by atoms with E-state index in [1.54, 1.807) is 11.4 Å². The third-order valence-corrected chi connectivity index (χ3v) is 5.88. The van der Waals surface area contributed by atoms with Gasteiger partial charge in [-0.25, -0.2) is 8.42 Å². The smallest absolute Gasteiger partial charge is 0.248 e. The van der Waals surface area contributed by atoms with Crippen LogP contribution in [0.25, 0.3) is 0 Å². The van der Waals surface area contributed by atoms with E-state index in [1.807, 2.05) is 19.0 Å². The molecule has 0 bridgehead atoms. The minimum absolute atomic E-state index is 0.0744. The Morgan fingerprint density at radius 1 is 1.33 bits per heavy atom. The molecule has 21 heavy (non-hydrogen) atoms. The first-order valence-corrected chi connectivity index (χ1v) is 8.72. The van der Waals surface area contributed by atoms with E-state index < -0.39 is 10.0 Å². The van der Waals surface area contributed by atoms with Crippen LogP contribution in [0, 0.1) is 0 Å². The predicted octanol–water partition coefficient (Wildman–Crippen LogP) is 0.497. The third kappa shape index (κ3) is 3.56. The van der Waals surface area contributed by atoms with Crippen LogP contribution in [-0.4, -0.2) is 60.6 Å². The topological polar surface area (TPSA) is 84.5 Å². The molecule has 0 amide bonds. The fourth-order valence-corrected chi connectivity index (χ4v) is 4.57. The fraction of sp³-hybridized carbons (Fsp3) is 0.769. The number of nitrogens with zero attached hydrogens (tertiary/aromatic N) is 4. The molecule has 1 fully saturated rings. The largest absolute Gasteiger partial charge is 0.381 e. The Morgan fingerprint density at radius 3 is 2.43 bits per heavy atom. The van der Waals surface area contributed by atoms with Crippen molar-refractivity contribution in [2.75, 3.05) is 32.9 Å². The van der Waals surface area contributed by atoms with Crippen molar-refractivity contribution in [3.05, 3.63) is 6.20 Å². The summed E-state index contributed by atoms with van der Waals surface area (Å²) in [5.41, 5.74) is 5.77. The van der Waals surface area contributed by atoms with Crippen LogP contribution in [0.4, 0.5) is 5.82 Å². The molecule has 1 heterocycles. The van der Waals surface area contributed by atoms with Crippen molar-refractivity contribution in [2.45, 2.75) is 36.6 Å². The normalized spacial score (nSPS) is 17.2. The van der Waals surface area contributed by atoms with Gasteiger partial charge in [-0.3, -0.25) is 4.68 Å². The van der Waals surface area contributed by atoms with Crippen molar-refractivity contribution in [1.29, 1.82) is 0 Å². The van der Waals surface area contributed by atoms with E-state index in [0.29, 0.717) is 13.1 Å². The Morgan fingerprint density at radius 2 is 1.95 bits per heavy atom. The second kappa shape index (κ2) is 6.33. The number of aryl methyl sites for hydroxylation is 1. The van der Waals surface area contributed by atoms with Crippen LogP contribution in [0.1, 0.15) is 25.7 Å². The molecule has 2 N–H and O–H groups in total. The molecular formula is C13H25N5O2S. The molecule has 0 unspecified atom stereocenters. The van der Waals surface area contributed by atoms with Crippen LogP contribution >= 0.6 is 0 Å². The van der Waals surface area contributed by atoms with E-state index in [-0.39, 0.29) is 16.8 Å². The molecule has 0 radical (unpaired) electrons. The average Bonchev–Trinajstić information content (AvgIpc) is 2.99. The standard InChI is InChI=1S/C13H25N5O2S/c1-16(2)8-9-18(11-6-4-5-7-11)21(19,20)12-10-17(3)15-13(12)14/h10-11H,4-9H2,1-3H3,(H2,14,15). The number of hydrogen-bond acceptors (Lipinski definition) is 5. The van der Waals surface area contributed by atoms with Gasteiger partial charge in [0, 0.05) is 32.4 Å². The van der Waals surface area contributed by atoms with Crippen molar-refractivity contribution in [3.63, 3.8) is 0 Å². The maximum Gasteiger partial charge on any atom is 0.248 e. The van der Waals surface area contributed by atoms with Crippen LogP contribution in [0.15, 0.2) is 11.1 Å². The zero-order valence-corrected chi connectivity index (χ0v) is 13.8. The molecule has 0 spiro atoms. The summed E-state index contributed by atoms with van der Waals surface area (Å²) in [5.74, 6) is 0.0744. The van der Waals surface area contributed by atoms with Gasteiger partial charge in [0.05, 0.1) is 0 Å². The first-order valence-electron chi connectivity index (χ1n) is 7.28. The van der Waals surface area contributed by atoms with Gasteiger partial charge in [-0.15, -0.1) is 0 Å². The van der Waals surface area contributed by atoms with Crippen LogP contribution < -0.4 is 5.73 Å². The molecule has 0 atom stereocenters. The molecule has 1 aromatic rings. The van der Waals surface area contributed by atoms with E-state index in [1.165, 1.54) is 10.9 Å². The molecule has 0 saturated heterocycles. The van der Waals surface area contributed by atoms with E-state index >= 15 is 0 Å². The Balaban J connectivity index is 2.31. The maximum absolute atomic E-state index is 12.9. The highest BCUT2D eigenvalue weighted by molar-refractivity contribution is 7.89. The van der Waals surface area contributed by atoms with E-state index in [0.717, 1.165) is 25.7 Å². The minimum Gasteiger partial charge on any atom is -0.381 e. The Hall–Kier alpha value is -1.12. The maximum atomic E-state index is 12.9. The van der Waals surface area contributed by atoms with E-state index in [4.69, 9.17) is 5.73 Å². The van der Waals surface area contributed by atoms with Gasteiger partial charge in [-0.2, -0.15) is 9.40 Å². The zero-order chi connectivity index (χ0) is 15.6. The van der Waals surface area contributed by atoms with Gasteiger partial charge in [0.25, 0.3) is 0 Å². The summed E-state index contributed by atoms with van der Waals surface area (Å²) in [6, 6.07) is 0.0783. The van der Waals surface area contributed by atoms with Crippen molar-refractivity contribution < 1.29 is 8.42 Å². The van der Waals surface area contributed by atoms with E-state index in [9.17, 15) is 8.42 Å². The first kappa shape index (κ1) is 16.3. The highest BCUT2D eigenvalue weighted by atomic mass is 32.2. The Labute approximate surface area is 126 Å².